The summed E-state index contributed by atoms with van der Waals surface area (Å²) in [6.45, 7) is 0. The molecule has 0 saturated heterocycles. The zero-order valence-corrected chi connectivity index (χ0v) is 14.2. The van der Waals surface area contributed by atoms with E-state index < -0.39 is 9.84 Å². The van der Waals surface area contributed by atoms with Gasteiger partial charge in [-0.05, 0) is 24.3 Å². The molecule has 124 valence electrons. The third-order valence-electron chi connectivity index (χ3n) is 3.73. The van der Waals surface area contributed by atoms with Crippen molar-refractivity contribution in [1.29, 1.82) is 0 Å². The minimum absolute atomic E-state index is 0.213. The smallest absolute Gasteiger partial charge is 0.185 e. The lowest BCUT2D eigenvalue weighted by Gasteiger charge is -2.06. The summed E-state index contributed by atoms with van der Waals surface area (Å²) >= 11 is 0. The Morgan fingerprint density at radius 3 is 2.29 bits per heavy atom. The van der Waals surface area contributed by atoms with Gasteiger partial charge in [0.05, 0.1) is 12.0 Å². The predicted molar refractivity (Wildman–Crippen MR) is 90.3 cm³/mol. The van der Waals surface area contributed by atoms with Crippen molar-refractivity contribution in [3.05, 3.63) is 60.4 Å². The average Bonchev–Trinajstić information content (AvgIpc) is 2.96. The first-order valence-corrected chi connectivity index (χ1v) is 8.97. The highest BCUT2D eigenvalue weighted by Gasteiger charge is 2.20. The third-order valence-corrected chi connectivity index (χ3v) is 5.36. The van der Waals surface area contributed by atoms with Crippen molar-refractivity contribution in [2.24, 2.45) is 7.05 Å². The molecule has 0 radical (unpaired) electrons. The Kier molecular flexibility index (Phi) is 4.35. The van der Waals surface area contributed by atoms with Crippen LogP contribution in [0.25, 0.3) is 11.4 Å². The molecule has 0 bridgehead atoms. The Hall–Kier alpha value is -2.67. The lowest BCUT2D eigenvalue weighted by atomic mass is 10.2. The van der Waals surface area contributed by atoms with Gasteiger partial charge in [-0.25, -0.2) is 8.42 Å². The second-order valence-corrected chi connectivity index (χ2v) is 7.29. The molecule has 6 nitrogen and oxygen atoms in total. The molecular weight excluding hydrogens is 326 g/mol. The van der Waals surface area contributed by atoms with Gasteiger partial charge < -0.3 is 9.30 Å². The minimum Gasteiger partial charge on any atom is -0.497 e. The van der Waals surface area contributed by atoms with Crippen molar-refractivity contribution < 1.29 is 13.2 Å². The van der Waals surface area contributed by atoms with Crippen molar-refractivity contribution in [1.82, 2.24) is 14.8 Å². The van der Waals surface area contributed by atoms with Gasteiger partial charge in [0.25, 0.3) is 0 Å². The summed E-state index contributed by atoms with van der Waals surface area (Å²) in [5, 5.41) is 8.17. The second kappa shape index (κ2) is 6.45. The number of sulfone groups is 1. The summed E-state index contributed by atoms with van der Waals surface area (Å²) in [6, 6.07) is 15.8. The van der Waals surface area contributed by atoms with Crippen LogP contribution in [0.2, 0.25) is 0 Å². The minimum atomic E-state index is -3.51. The van der Waals surface area contributed by atoms with Crippen LogP contribution in [0, 0.1) is 0 Å². The molecule has 0 aliphatic carbocycles. The molecule has 2 aromatic carbocycles. The molecule has 1 heterocycles. The van der Waals surface area contributed by atoms with Gasteiger partial charge in [-0.3, -0.25) is 0 Å². The number of ether oxygens (including phenoxy) is 1. The third kappa shape index (κ3) is 3.16. The molecular formula is C17H17N3O3S. The monoisotopic (exact) mass is 343 g/mol. The molecule has 0 atom stereocenters. The van der Waals surface area contributed by atoms with Crippen molar-refractivity contribution in [2.45, 2.75) is 10.6 Å². The Morgan fingerprint density at radius 2 is 1.67 bits per heavy atom. The number of methoxy groups -OCH3 is 1. The summed E-state index contributed by atoms with van der Waals surface area (Å²) in [6.07, 6.45) is 0. The summed E-state index contributed by atoms with van der Waals surface area (Å²) in [7, 11) is -0.208. The lowest BCUT2D eigenvalue weighted by Crippen LogP contribution is -2.09. The van der Waals surface area contributed by atoms with Crippen LogP contribution in [-0.2, 0) is 22.6 Å². The van der Waals surface area contributed by atoms with Gasteiger partial charge in [0.15, 0.2) is 15.7 Å². The van der Waals surface area contributed by atoms with E-state index in [1.165, 1.54) is 19.2 Å². The molecule has 3 rings (SSSR count). The Labute approximate surface area is 140 Å². The number of hydrogen-bond acceptors (Lipinski definition) is 5. The summed E-state index contributed by atoms with van der Waals surface area (Å²) < 4.78 is 31.9. The molecule has 1 aromatic heterocycles. The van der Waals surface area contributed by atoms with Gasteiger partial charge in [0.2, 0.25) is 0 Å². The largest absolute Gasteiger partial charge is 0.497 e. The van der Waals surface area contributed by atoms with Gasteiger partial charge >= 0.3 is 0 Å². The van der Waals surface area contributed by atoms with Crippen LogP contribution in [0.5, 0.6) is 5.75 Å². The Bertz CT molecular complexity index is 933. The molecule has 0 N–H and O–H groups in total. The van der Waals surface area contributed by atoms with Crippen molar-refractivity contribution in [2.75, 3.05) is 7.11 Å². The fourth-order valence-corrected chi connectivity index (χ4v) is 3.67. The van der Waals surface area contributed by atoms with E-state index in [4.69, 9.17) is 4.74 Å². The highest BCUT2D eigenvalue weighted by molar-refractivity contribution is 7.90. The fourth-order valence-electron chi connectivity index (χ4n) is 2.36. The first kappa shape index (κ1) is 16.2. The van der Waals surface area contributed by atoms with E-state index >= 15 is 0 Å². The maximum atomic E-state index is 12.6. The zero-order chi connectivity index (χ0) is 17.2. The molecule has 24 heavy (non-hydrogen) atoms. The molecule has 0 aliphatic heterocycles. The maximum absolute atomic E-state index is 12.6. The molecule has 0 fully saturated rings. The summed E-state index contributed by atoms with van der Waals surface area (Å²) in [5.74, 6) is 1.43. The van der Waals surface area contributed by atoms with Crippen LogP contribution in [0.4, 0.5) is 0 Å². The molecule has 0 aliphatic rings. The van der Waals surface area contributed by atoms with Crippen LogP contribution >= 0.6 is 0 Å². The molecule has 0 saturated carbocycles. The highest BCUT2D eigenvalue weighted by atomic mass is 32.2. The highest BCUT2D eigenvalue weighted by Crippen LogP contribution is 2.21. The molecule has 0 unspecified atom stereocenters. The van der Waals surface area contributed by atoms with E-state index in [-0.39, 0.29) is 10.6 Å². The quantitative estimate of drug-likeness (QED) is 0.711. The van der Waals surface area contributed by atoms with Gasteiger partial charge in [-0.1, -0.05) is 30.3 Å². The van der Waals surface area contributed by atoms with Crippen molar-refractivity contribution in [3.8, 4) is 17.1 Å². The number of nitrogens with zero attached hydrogens (tertiary/aromatic N) is 3. The molecule has 0 amide bonds. The van der Waals surface area contributed by atoms with Crippen molar-refractivity contribution >= 4 is 9.84 Å². The van der Waals surface area contributed by atoms with E-state index in [1.807, 2.05) is 30.3 Å². The average molecular weight is 343 g/mol. The maximum Gasteiger partial charge on any atom is 0.185 e. The standard InChI is InChI=1S/C17H17N3O3S/c1-20-16(18-19-17(20)13-6-4-3-5-7-13)12-24(21,22)15-10-8-14(23-2)9-11-15/h3-11H,12H2,1-2H3. The number of aromatic nitrogens is 3. The fraction of sp³-hybridized carbons (Fsp3) is 0.176. The van der Waals surface area contributed by atoms with Crippen LogP contribution in [0.3, 0.4) is 0 Å². The van der Waals surface area contributed by atoms with E-state index in [9.17, 15) is 8.42 Å². The Morgan fingerprint density at radius 1 is 1.00 bits per heavy atom. The van der Waals surface area contributed by atoms with Gasteiger partial charge in [0.1, 0.15) is 17.3 Å². The van der Waals surface area contributed by atoms with E-state index in [0.29, 0.717) is 17.4 Å². The Balaban J connectivity index is 1.89. The van der Waals surface area contributed by atoms with E-state index in [1.54, 1.807) is 23.7 Å². The molecule has 0 spiro atoms. The SMILES string of the molecule is COc1ccc(S(=O)(=O)Cc2nnc(-c3ccccc3)n2C)cc1. The molecule has 7 heteroatoms. The zero-order valence-electron chi connectivity index (χ0n) is 13.4. The predicted octanol–water partition coefficient (Wildman–Crippen LogP) is 2.46. The van der Waals surface area contributed by atoms with Crippen LogP contribution < -0.4 is 4.74 Å². The van der Waals surface area contributed by atoms with Gasteiger partial charge in [-0.2, -0.15) is 0 Å². The topological polar surface area (TPSA) is 74.1 Å². The normalized spacial score (nSPS) is 11.4. The van der Waals surface area contributed by atoms with Crippen LogP contribution in [-0.4, -0.2) is 30.3 Å². The van der Waals surface area contributed by atoms with E-state index in [2.05, 4.69) is 10.2 Å². The number of benzene rings is 2. The van der Waals surface area contributed by atoms with E-state index in [0.717, 1.165) is 5.56 Å². The second-order valence-electron chi connectivity index (χ2n) is 5.30. The van der Waals surface area contributed by atoms with Crippen LogP contribution in [0.1, 0.15) is 5.82 Å². The van der Waals surface area contributed by atoms with Crippen LogP contribution in [0.15, 0.2) is 59.5 Å². The molecule has 3 aromatic rings. The van der Waals surface area contributed by atoms with Gasteiger partial charge in [0, 0.05) is 12.6 Å². The number of rotatable bonds is 5. The number of hydrogen-bond donors (Lipinski definition) is 0. The summed E-state index contributed by atoms with van der Waals surface area (Å²) in [5.41, 5.74) is 0.889. The van der Waals surface area contributed by atoms with Gasteiger partial charge in [-0.15, -0.1) is 10.2 Å². The lowest BCUT2D eigenvalue weighted by molar-refractivity contribution is 0.414. The van der Waals surface area contributed by atoms with Crippen molar-refractivity contribution in [3.63, 3.8) is 0 Å². The first-order valence-electron chi connectivity index (χ1n) is 7.32. The summed E-state index contributed by atoms with van der Waals surface area (Å²) in [4.78, 5) is 0.229. The first-order chi connectivity index (χ1) is 11.5.